The maximum absolute atomic E-state index is 9.27. The molecule has 38 valence electrons. The van der Waals surface area contributed by atoms with Gasteiger partial charge in [0.15, 0.2) is 0 Å². The second-order valence-corrected chi connectivity index (χ2v) is 1.15. The first kappa shape index (κ1) is 6.16. The Bertz CT molecular complexity index is 54.7. The molecule has 0 aliphatic rings. The smallest absolute Gasteiger partial charge is 0.483 e. The second kappa shape index (κ2) is 5.16. The largest absolute Gasteiger partial charge is 0.614 e. The highest BCUT2D eigenvalue weighted by atomic mass is 28.3. The van der Waals surface area contributed by atoms with Crippen molar-refractivity contribution in [2.45, 2.75) is 0 Å². The minimum absolute atomic E-state index is 0.210. The molecule has 0 amide bonds. The number of hydrogen-bond donors (Lipinski definition) is 0. The lowest BCUT2D eigenvalue weighted by atomic mass is 11.7. The SMILES string of the molecule is O=CO[Si]OC=O. The molecule has 0 aliphatic carbocycles. The van der Waals surface area contributed by atoms with Gasteiger partial charge < -0.3 is 8.85 Å². The standard InChI is InChI=1S/C2H2O4Si/c3-1-5-7-6-2-4/h1-2H. The van der Waals surface area contributed by atoms with Crippen molar-refractivity contribution >= 4 is 23.0 Å². The van der Waals surface area contributed by atoms with Crippen LogP contribution in [0.3, 0.4) is 0 Å². The van der Waals surface area contributed by atoms with E-state index in [1.54, 1.807) is 0 Å². The Morgan fingerprint density at radius 2 is 1.57 bits per heavy atom. The summed E-state index contributed by atoms with van der Waals surface area (Å²) in [6.45, 7) is 0.421. The van der Waals surface area contributed by atoms with Crippen molar-refractivity contribution in [3.8, 4) is 0 Å². The van der Waals surface area contributed by atoms with Crippen molar-refractivity contribution in [3.63, 3.8) is 0 Å². The van der Waals surface area contributed by atoms with Crippen LogP contribution in [-0.2, 0) is 18.4 Å². The summed E-state index contributed by atoms with van der Waals surface area (Å²) in [7, 11) is -0.504. The average molecular weight is 118 g/mol. The molecule has 0 aromatic rings. The minimum atomic E-state index is -0.504. The van der Waals surface area contributed by atoms with Gasteiger partial charge in [-0.05, 0) is 0 Å². The Morgan fingerprint density at radius 3 is 1.86 bits per heavy atom. The van der Waals surface area contributed by atoms with Crippen molar-refractivity contribution in [1.29, 1.82) is 0 Å². The zero-order valence-corrected chi connectivity index (χ0v) is 4.29. The highest BCUT2D eigenvalue weighted by molar-refractivity contribution is 6.22. The molecule has 0 saturated heterocycles. The summed E-state index contributed by atoms with van der Waals surface area (Å²) >= 11 is 0. The summed E-state index contributed by atoms with van der Waals surface area (Å²) in [6.07, 6.45) is 0. The van der Waals surface area contributed by atoms with Crippen LogP contribution in [0.5, 0.6) is 0 Å². The molecule has 0 fully saturated rings. The molecule has 7 heavy (non-hydrogen) atoms. The third kappa shape index (κ3) is 5.16. The maximum atomic E-state index is 9.27. The minimum Gasteiger partial charge on any atom is -0.483 e. The second-order valence-electron chi connectivity index (χ2n) is 0.511. The molecule has 0 spiro atoms. The molecule has 0 N–H and O–H groups in total. The van der Waals surface area contributed by atoms with E-state index in [1.807, 2.05) is 0 Å². The lowest BCUT2D eigenvalue weighted by Gasteiger charge is -1.85. The van der Waals surface area contributed by atoms with Crippen molar-refractivity contribution in [2.75, 3.05) is 0 Å². The van der Waals surface area contributed by atoms with Crippen LogP contribution in [0.25, 0.3) is 0 Å². The van der Waals surface area contributed by atoms with E-state index in [4.69, 9.17) is 0 Å². The van der Waals surface area contributed by atoms with E-state index >= 15 is 0 Å². The van der Waals surface area contributed by atoms with Crippen LogP contribution in [-0.4, -0.2) is 23.0 Å². The molecule has 4 nitrogen and oxygen atoms in total. The Labute approximate surface area is 42.5 Å². The van der Waals surface area contributed by atoms with Crippen molar-refractivity contribution in [2.24, 2.45) is 0 Å². The third-order valence-corrected chi connectivity index (χ3v) is 0.577. The van der Waals surface area contributed by atoms with Crippen LogP contribution in [0.1, 0.15) is 0 Å². The third-order valence-electron chi connectivity index (χ3n) is 0.192. The lowest BCUT2D eigenvalue weighted by Crippen LogP contribution is -2.00. The van der Waals surface area contributed by atoms with Gasteiger partial charge in [0, 0.05) is 0 Å². The summed E-state index contributed by atoms with van der Waals surface area (Å²) < 4.78 is 7.94. The van der Waals surface area contributed by atoms with Gasteiger partial charge in [-0.3, -0.25) is 9.59 Å². The molecular formula is C2H2O4Si. The first-order valence-electron chi connectivity index (χ1n) is 1.35. The summed E-state index contributed by atoms with van der Waals surface area (Å²) in [5.41, 5.74) is 0. The maximum Gasteiger partial charge on any atom is 0.614 e. The molecule has 5 heteroatoms. The van der Waals surface area contributed by atoms with E-state index in [1.165, 1.54) is 0 Å². The van der Waals surface area contributed by atoms with Gasteiger partial charge in [0.25, 0.3) is 12.9 Å². The molecule has 0 rings (SSSR count). The molecule has 0 atom stereocenters. The molecule has 0 saturated carbocycles. The van der Waals surface area contributed by atoms with Gasteiger partial charge in [0.05, 0.1) is 0 Å². The van der Waals surface area contributed by atoms with Crippen molar-refractivity contribution in [3.05, 3.63) is 0 Å². The van der Waals surface area contributed by atoms with Gasteiger partial charge in [-0.2, -0.15) is 0 Å². The van der Waals surface area contributed by atoms with E-state index in [0.29, 0.717) is 0 Å². The van der Waals surface area contributed by atoms with Gasteiger partial charge in [-0.1, -0.05) is 0 Å². The molecule has 0 unspecified atom stereocenters. The number of hydrogen-bond acceptors (Lipinski definition) is 4. The normalized spacial score (nSPS) is 6.86. The highest BCUT2D eigenvalue weighted by Gasteiger charge is 1.86. The molecule has 0 heterocycles. The van der Waals surface area contributed by atoms with Gasteiger partial charge >= 0.3 is 10.0 Å². The van der Waals surface area contributed by atoms with Crippen LogP contribution in [0.15, 0.2) is 0 Å². The Hall–Kier alpha value is -0.843. The number of carbonyl (C=O) groups is 2. The van der Waals surface area contributed by atoms with Crippen LogP contribution < -0.4 is 0 Å². The molecule has 0 aromatic heterocycles. The van der Waals surface area contributed by atoms with E-state index in [2.05, 4.69) is 8.85 Å². The van der Waals surface area contributed by atoms with E-state index in [9.17, 15) is 9.59 Å². The topological polar surface area (TPSA) is 52.6 Å². The van der Waals surface area contributed by atoms with Crippen LogP contribution in [0.2, 0.25) is 0 Å². The molecular weight excluding hydrogens is 116 g/mol. The molecule has 2 radical (unpaired) electrons. The number of rotatable bonds is 4. The van der Waals surface area contributed by atoms with Gasteiger partial charge in [0.2, 0.25) is 0 Å². The Kier molecular flexibility index (Phi) is 4.54. The lowest BCUT2D eigenvalue weighted by molar-refractivity contribution is -0.124. The van der Waals surface area contributed by atoms with Crippen molar-refractivity contribution < 1.29 is 18.4 Å². The summed E-state index contributed by atoms with van der Waals surface area (Å²) in [5, 5.41) is 0. The monoisotopic (exact) mass is 118 g/mol. The first-order chi connectivity index (χ1) is 3.41. The summed E-state index contributed by atoms with van der Waals surface area (Å²) in [5.74, 6) is 0. The van der Waals surface area contributed by atoms with Gasteiger partial charge in [-0.25, -0.2) is 0 Å². The zero-order valence-electron chi connectivity index (χ0n) is 3.29. The van der Waals surface area contributed by atoms with Gasteiger partial charge in [-0.15, -0.1) is 0 Å². The Balaban J connectivity index is 2.68. The van der Waals surface area contributed by atoms with E-state index in [0.717, 1.165) is 0 Å². The molecule has 0 bridgehead atoms. The fraction of sp³-hybridized carbons (Fsp3) is 0. The van der Waals surface area contributed by atoms with E-state index < -0.39 is 10.0 Å². The predicted molar refractivity (Wildman–Crippen MR) is 20.1 cm³/mol. The average Bonchev–Trinajstić information content (AvgIpc) is 1.69. The van der Waals surface area contributed by atoms with Crippen LogP contribution in [0, 0.1) is 0 Å². The van der Waals surface area contributed by atoms with Crippen LogP contribution >= 0.6 is 0 Å². The van der Waals surface area contributed by atoms with E-state index in [-0.39, 0.29) is 12.9 Å². The molecule has 0 aliphatic heterocycles. The number of carbonyl (C=O) groups excluding carboxylic acids is 2. The quantitative estimate of drug-likeness (QED) is 0.266. The summed E-state index contributed by atoms with van der Waals surface area (Å²) in [6, 6.07) is 0. The first-order valence-corrected chi connectivity index (χ1v) is 2.17. The molecule has 0 aromatic carbocycles. The fourth-order valence-corrected chi connectivity index (χ4v) is 0.201. The zero-order chi connectivity index (χ0) is 5.54. The van der Waals surface area contributed by atoms with Gasteiger partial charge in [0.1, 0.15) is 0 Å². The summed E-state index contributed by atoms with van der Waals surface area (Å²) in [4.78, 5) is 18.5. The van der Waals surface area contributed by atoms with Crippen molar-refractivity contribution in [1.82, 2.24) is 0 Å². The predicted octanol–water partition coefficient (Wildman–Crippen LogP) is -1.13. The van der Waals surface area contributed by atoms with Crippen LogP contribution in [0.4, 0.5) is 0 Å². The fourth-order valence-electron chi connectivity index (χ4n) is 0.0671. The Morgan fingerprint density at radius 1 is 1.14 bits per heavy atom. The highest BCUT2D eigenvalue weighted by Crippen LogP contribution is 1.59.